The molecule has 0 amide bonds. The van der Waals surface area contributed by atoms with Gasteiger partial charge in [-0.25, -0.2) is 0 Å². The van der Waals surface area contributed by atoms with E-state index in [1.807, 2.05) is 12.1 Å². The minimum absolute atomic E-state index is 0.0270. The number of rotatable bonds is 8. The Kier molecular flexibility index (Phi) is 7.17. The molecule has 42 heavy (non-hydrogen) atoms. The molecule has 0 unspecified atom stereocenters. The smallest absolute Gasteiger partial charge is 0.132 e. The van der Waals surface area contributed by atoms with Gasteiger partial charge in [-0.15, -0.1) is 0 Å². The monoisotopic (exact) mass is 552 g/mol. The van der Waals surface area contributed by atoms with Gasteiger partial charge in [-0.05, 0) is 87.8 Å². The van der Waals surface area contributed by atoms with Gasteiger partial charge in [-0.3, -0.25) is 0 Å². The molecule has 1 aliphatic carbocycles. The summed E-state index contributed by atoms with van der Waals surface area (Å²) in [6.45, 7) is 8.56. The van der Waals surface area contributed by atoms with Crippen molar-refractivity contribution in [2.24, 2.45) is 0 Å². The number of hydrogen-bond acceptors (Lipinski definition) is 3. The van der Waals surface area contributed by atoms with Gasteiger partial charge in [0.2, 0.25) is 0 Å². The highest BCUT2D eigenvalue weighted by atomic mass is 16.5. The Bertz CT molecular complexity index is 1680. The van der Waals surface area contributed by atoms with E-state index in [0.29, 0.717) is 19.1 Å². The lowest BCUT2D eigenvalue weighted by molar-refractivity contribution is 0.363. The second-order valence-corrected chi connectivity index (χ2v) is 11.5. The second kappa shape index (κ2) is 11.4. The van der Waals surface area contributed by atoms with Crippen molar-refractivity contribution in [2.45, 2.75) is 43.9 Å². The third kappa shape index (κ3) is 4.83. The topological polar surface area (TPSA) is 27.7 Å². The van der Waals surface area contributed by atoms with E-state index < -0.39 is 0 Å². The van der Waals surface area contributed by atoms with Gasteiger partial charge in [0.1, 0.15) is 36.2 Å². The van der Waals surface area contributed by atoms with Crippen LogP contribution >= 0.6 is 0 Å². The van der Waals surface area contributed by atoms with Crippen LogP contribution in [0.25, 0.3) is 21.5 Å². The summed E-state index contributed by atoms with van der Waals surface area (Å²) in [4.78, 5) is 0. The molecule has 3 nitrogen and oxygen atoms in total. The molecule has 2 aliphatic rings. The van der Waals surface area contributed by atoms with E-state index >= 15 is 0 Å². The molecule has 7 rings (SSSR count). The third-order valence-electron chi connectivity index (χ3n) is 8.87. The standard InChI is InChI=1S/C39H36O3/c1-3-22-40-31-18-14-28-16-20-35-38(33(28)24-31)37(30-12-10-27(11-13-30)26-8-6-5-7-9-26)39-34-25-32(41-23-4-2)19-15-29(34)17-21-36(39)42-35/h3-4,10-21,24-26,37H,1-2,5-9,22-23H2. The summed E-state index contributed by atoms with van der Waals surface area (Å²) in [5, 5.41) is 4.59. The van der Waals surface area contributed by atoms with E-state index in [0.717, 1.165) is 44.5 Å². The van der Waals surface area contributed by atoms with Gasteiger partial charge in [0.15, 0.2) is 0 Å². The fourth-order valence-electron chi connectivity index (χ4n) is 6.86. The normalized spacial score (nSPS) is 15.0. The molecule has 0 N–H and O–H groups in total. The number of ether oxygens (including phenoxy) is 3. The number of hydrogen-bond donors (Lipinski definition) is 0. The summed E-state index contributed by atoms with van der Waals surface area (Å²) in [7, 11) is 0. The van der Waals surface area contributed by atoms with Crippen molar-refractivity contribution in [1.82, 2.24) is 0 Å². The third-order valence-corrected chi connectivity index (χ3v) is 8.87. The van der Waals surface area contributed by atoms with Gasteiger partial charge in [-0.2, -0.15) is 0 Å². The molecule has 5 aromatic rings. The molecular weight excluding hydrogens is 516 g/mol. The molecule has 0 saturated heterocycles. The van der Waals surface area contributed by atoms with Gasteiger partial charge in [0.05, 0.1) is 0 Å². The Morgan fingerprint density at radius 3 is 1.64 bits per heavy atom. The first-order chi connectivity index (χ1) is 20.7. The van der Waals surface area contributed by atoms with Crippen molar-refractivity contribution in [1.29, 1.82) is 0 Å². The average molecular weight is 553 g/mol. The molecule has 0 spiro atoms. The Balaban J connectivity index is 1.44. The molecular formula is C39H36O3. The van der Waals surface area contributed by atoms with Crippen molar-refractivity contribution >= 4 is 21.5 Å². The van der Waals surface area contributed by atoms with Crippen LogP contribution in [0.3, 0.4) is 0 Å². The van der Waals surface area contributed by atoms with Gasteiger partial charge >= 0.3 is 0 Å². The van der Waals surface area contributed by atoms with Crippen molar-refractivity contribution in [3.8, 4) is 23.0 Å². The molecule has 3 heteroatoms. The zero-order valence-corrected chi connectivity index (χ0v) is 24.0. The highest BCUT2D eigenvalue weighted by molar-refractivity contribution is 5.96. The molecule has 5 aromatic carbocycles. The van der Waals surface area contributed by atoms with Crippen LogP contribution in [-0.4, -0.2) is 13.2 Å². The van der Waals surface area contributed by atoms with Crippen LogP contribution in [0.5, 0.6) is 23.0 Å². The molecule has 0 bridgehead atoms. The summed E-state index contributed by atoms with van der Waals surface area (Å²) in [5.41, 5.74) is 5.05. The first-order valence-corrected chi connectivity index (χ1v) is 15.1. The van der Waals surface area contributed by atoms with Crippen LogP contribution < -0.4 is 14.2 Å². The largest absolute Gasteiger partial charge is 0.490 e. The lowest BCUT2D eigenvalue weighted by Gasteiger charge is -2.32. The highest BCUT2D eigenvalue weighted by Gasteiger charge is 2.32. The van der Waals surface area contributed by atoms with Gasteiger partial charge in [-0.1, -0.05) is 93.1 Å². The summed E-state index contributed by atoms with van der Waals surface area (Å²) in [5.74, 6) is 4.06. The quantitative estimate of drug-likeness (QED) is 0.176. The Hall–Kier alpha value is -4.50. The first-order valence-electron chi connectivity index (χ1n) is 15.1. The Labute approximate surface area is 248 Å². The van der Waals surface area contributed by atoms with Crippen LogP contribution in [0.2, 0.25) is 0 Å². The molecule has 1 saturated carbocycles. The van der Waals surface area contributed by atoms with E-state index in [4.69, 9.17) is 14.2 Å². The molecule has 0 atom stereocenters. The number of fused-ring (bicyclic) bond motifs is 6. The van der Waals surface area contributed by atoms with Crippen molar-refractivity contribution < 1.29 is 14.2 Å². The molecule has 1 fully saturated rings. The van der Waals surface area contributed by atoms with Crippen LogP contribution in [0, 0.1) is 0 Å². The minimum atomic E-state index is -0.0270. The predicted molar refractivity (Wildman–Crippen MR) is 173 cm³/mol. The molecule has 1 heterocycles. The second-order valence-electron chi connectivity index (χ2n) is 11.5. The van der Waals surface area contributed by atoms with E-state index in [1.165, 1.54) is 54.4 Å². The summed E-state index contributed by atoms with van der Waals surface area (Å²) < 4.78 is 18.7. The van der Waals surface area contributed by atoms with Crippen LogP contribution in [0.4, 0.5) is 0 Å². The maximum Gasteiger partial charge on any atom is 0.132 e. The lowest BCUT2D eigenvalue weighted by atomic mass is 9.77. The molecule has 210 valence electrons. The van der Waals surface area contributed by atoms with Crippen LogP contribution in [0.1, 0.15) is 66.2 Å². The van der Waals surface area contributed by atoms with E-state index in [-0.39, 0.29) is 5.92 Å². The van der Waals surface area contributed by atoms with E-state index in [2.05, 4.69) is 86.0 Å². The fraction of sp³-hybridized carbons (Fsp3) is 0.231. The van der Waals surface area contributed by atoms with Crippen molar-refractivity contribution in [3.05, 3.63) is 132 Å². The summed E-state index contributed by atoms with van der Waals surface area (Å²) in [6, 6.07) is 30.6. The average Bonchev–Trinajstić information content (AvgIpc) is 3.05. The zero-order valence-electron chi connectivity index (χ0n) is 24.0. The molecule has 0 aromatic heterocycles. The van der Waals surface area contributed by atoms with Crippen molar-refractivity contribution in [3.63, 3.8) is 0 Å². The van der Waals surface area contributed by atoms with Gasteiger partial charge in [0, 0.05) is 17.0 Å². The van der Waals surface area contributed by atoms with Crippen molar-refractivity contribution in [2.75, 3.05) is 13.2 Å². The molecule has 1 aliphatic heterocycles. The van der Waals surface area contributed by atoms with Crippen LogP contribution in [0.15, 0.2) is 110 Å². The van der Waals surface area contributed by atoms with Gasteiger partial charge < -0.3 is 14.2 Å². The molecule has 0 radical (unpaired) electrons. The van der Waals surface area contributed by atoms with Crippen LogP contribution in [-0.2, 0) is 0 Å². The first kappa shape index (κ1) is 26.4. The summed E-state index contributed by atoms with van der Waals surface area (Å²) in [6.07, 6.45) is 10.2. The SMILES string of the molecule is C=CCOc1ccc2ccc3c(c2c1)C(c1ccc(C2CCCCC2)cc1)c1c(ccc2ccc(OCC=C)cc12)O3. The van der Waals surface area contributed by atoms with E-state index in [9.17, 15) is 0 Å². The van der Waals surface area contributed by atoms with Gasteiger partial charge in [0.25, 0.3) is 0 Å². The number of benzene rings is 5. The fourth-order valence-corrected chi connectivity index (χ4v) is 6.86. The Morgan fingerprint density at radius 1 is 0.619 bits per heavy atom. The summed E-state index contributed by atoms with van der Waals surface area (Å²) >= 11 is 0. The predicted octanol–water partition coefficient (Wildman–Crippen LogP) is 10.5. The lowest BCUT2D eigenvalue weighted by Crippen LogP contribution is -2.13. The minimum Gasteiger partial charge on any atom is -0.490 e. The maximum absolute atomic E-state index is 6.69. The zero-order chi connectivity index (χ0) is 28.5. The highest BCUT2D eigenvalue weighted by Crippen LogP contribution is 2.53. The Morgan fingerprint density at radius 2 is 1.12 bits per heavy atom. The maximum atomic E-state index is 6.69. The van der Waals surface area contributed by atoms with E-state index in [1.54, 1.807) is 12.2 Å².